The number of thioether (sulfide) groups is 1. The molecule has 82 valence electrons. The number of hydrogen-bond acceptors (Lipinski definition) is 5. The molecule has 0 aliphatic carbocycles. The van der Waals surface area contributed by atoms with Gasteiger partial charge in [-0.25, -0.2) is 4.98 Å². The SMILES string of the molecule is COc1nc2occc2nc1C1=CCCS1. The van der Waals surface area contributed by atoms with Gasteiger partial charge in [-0.05, 0) is 6.42 Å². The number of nitrogens with zero attached hydrogens (tertiary/aromatic N) is 2. The maximum Gasteiger partial charge on any atom is 0.248 e. The first kappa shape index (κ1) is 9.72. The number of methoxy groups -OCH3 is 1. The highest BCUT2D eigenvalue weighted by molar-refractivity contribution is 8.08. The van der Waals surface area contributed by atoms with E-state index in [4.69, 9.17) is 9.15 Å². The Morgan fingerprint density at radius 3 is 3.12 bits per heavy atom. The van der Waals surface area contributed by atoms with Gasteiger partial charge >= 0.3 is 0 Å². The lowest BCUT2D eigenvalue weighted by Crippen LogP contribution is -1.96. The molecule has 0 fully saturated rings. The summed E-state index contributed by atoms with van der Waals surface area (Å²) in [4.78, 5) is 9.96. The fourth-order valence-corrected chi connectivity index (χ4v) is 2.62. The first-order valence-corrected chi connectivity index (χ1v) is 5.99. The maximum atomic E-state index is 5.25. The van der Waals surface area contributed by atoms with Crippen LogP contribution in [0.1, 0.15) is 12.1 Å². The van der Waals surface area contributed by atoms with Crippen molar-refractivity contribution in [3.8, 4) is 5.88 Å². The molecular formula is C11H10N2O2S. The molecule has 0 atom stereocenters. The number of aromatic nitrogens is 2. The summed E-state index contributed by atoms with van der Waals surface area (Å²) in [7, 11) is 1.60. The molecule has 16 heavy (non-hydrogen) atoms. The molecule has 1 aliphatic rings. The van der Waals surface area contributed by atoms with Crippen LogP contribution in [0.5, 0.6) is 5.88 Å². The van der Waals surface area contributed by atoms with Gasteiger partial charge in [-0.2, -0.15) is 4.98 Å². The van der Waals surface area contributed by atoms with Crippen molar-refractivity contribution in [1.82, 2.24) is 9.97 Å². The van der Waals surface area contributed by atoms with Crippen molar-refractivity contribution in [3.63, 3.8) is 0 Å². The van der Waals surface area contributed by atoms with Gasteiger partial charge in [0.2, 0.25) is 11.6 Å². The fraction of sp³-hybridized carbons (Fsp3) is 0.273. The predicted molar refractivity (Wildman–Crippen MR) is 63.4 cm³/mol. The van der Waals surface area contributed by atoms with E-state index in [1.165, 1.54) is 0 Å². The molecule has 1 aliphatic heterocycles. The third-order valence-electron chi connectivity index (χ3n) is 2.39. The van der Waals surface area contributed by atoms with Crippen molar-refractivity contribution in [3.05, 3.63) is 24.1 Å². The van der Waals surface area contributed by atoms with E-state index in [0.29, 0.717) is 11.6 Å². The highest BCUT2D eigenvalue weighted by Gasteiger charge is 2.17. The van der Waals surface area contributed by atoms with Crippen LogP contribution in [0.15, 0.2) is 22.8 Å². The summed E-state index contributed by atoms with van der Waals surface area (Å²) in [5.74, 6) is 1.63. The molecule has 3 heterocycles. The summed E-state index contributed by atoms with van der Waals surface area (Å²) in [6.45, 7) is 0. The number of furan rings is 1. The van der Waals surface area contributed by atoms with E-state index in [1.807, 2.05) is 6.07 Å². The number of hydrogen-bond donors (Lipinski definition) is 0. The minimum Gasteiger partial charge on any atom is -0.479 e. The van der Waals surface area contributed by atoms with Gasteiger partial charge in [0.25, 0.3) is 0 Å². The Labute approximate surface area is 96.7 Å². The number of allylic oxidation sites excluding steroid dienone is 1. The second-order valence-electron chi connectivity index (χ2n) is 3.40. The highest BCUT2D eigenvalue weighted by Crippen LogP contribution is 2.37. The van der Waals surface area contributed by atoms with Crippen molar-refractivity contribution in [2.45, 2.75) is 6.42 Å². The van der Waals surface area contributed by atoms with Gasteiger partial charge in [0, 0.05) is 16.7 Å². The van der Waals surface area contributed by atoms with E-state index in [2.05, 4.69) is 16.0 Å². The smallest absolute Gasteiger partial charge is 0.248 e. The molecule has 0 unspecified atom stereocenters. The van der Waals surface area contributed by atoms with Crippen molar-refractivity contribution < 1.29 is 9.15 Å². The van der Waals surface area contributed by atoms with Crippen LogP contribution >= 0.6 is 11.8 Å². The largest absolute Gasteiger partial charge is 0.479 e. The predicted octanol–water partition coefficient (Wildman–Crippen LogP) is 2.71. The van der Waals surface area contributed by atoms with E-state index in [0.717, 1.165) is 28.3 Å². The number of fused-ring (bicyclic) bond motifs is 1. The quantitative estimate of drug-likeness (QED) is 0.799. The van der Waals surface area contributed by atoms with Crippen LogP contribution < -0.4 is 4.74 Å². The van der Waals surface area contributed by atoms with Crippen LogP contribution in [0.4, 0.5) is 0 Å². The van der Waals surface area contributed by atoms with Crippen LogP contribution in [0.2, 0.25) is 0 Å². The summed E-state index contributed by atoms with van der Waals surface area (Å²) in [5, 5.41) is 0. The van der Waals surface area contributed by atoms with E-state index in [9.17, 15) is 0 Å². The summed E-state index contributed by atoms with van der Waals surface area (Å²) >= 11 is 1.78. The summed E-state index contributed by atoms with van der Waals surface area (Å²) in [6, 6.07) is 1.81. The molecule has 0 spiro atoms. The Morgan fingerprint density at radius 1 is 1.44 bits per heavy atom. The fourth-order valence-electron chi connectivity index (χ4n) is 1.66. The lowest BCUT2D eigenvalue weighted by Gasteiger charge is -2.06. The van der Waals surface area contributed by atoms with Crippen molar-refractivity contribution in [1.29, 1.82) is 0 Å². The summed E-state index contributed by atoms with van der Waals surface area (Å²) in [6.07, 6.45) is 4.83. The van der Waals surface area contributed by atoms with E-state index < -0.39 is 0 Å². The zero-order valence-corrected chi connectivity index (χ0v) is 9.58. The molecule has 3 rings (SSSR count). The van der Waals surface area contributed by atoms with Crippen molar-refractivity contribution in [2.24, 2.45) is 0 Å². The molecule has 0 N–H and O–H groups in total. The second kappa shape index (κ2) is 3.83. The van der Waals surface area contributed by atoms with Gasteiger partial charge in [0.1, 0.15) is 11.2 Å². The summed E-state index contributed by atoms with van der Waals surface area (Å²) in [5.41, 5.74) is 2.10. The lowest BCUT2D eigenvalue weighted by atomic mass is 10.3. The third-order valence-corrected chi connectivity index (χ3v) is 3.51. The zero-order chi connectivity index (χ0) is 11.0. The van der Waals surface area contributed by atoms with Crippen LogP contribution in [-0.4, -0.2) is 22.8 Å². The van der Waals surface area contributed by atoms with Crippen LogP contribution in [0, 0.1) is 0 Å². The van der Waals surface area contributed by atoms with Gasteiger partial charge in [-0.15, -0.1) is 11.8 Å². The van der Waals surface area contributed by atoms with E-state index in [1.54, 1.807) is 25.1 Å². The minimum absolute atomic E-state index is 0.518. The lowest BCUT2D eigenvalue weighted by molar-refractivity contribution is 0.393. The van der Waals surface area contributed by atoms with Gasteiger partial charge in [-0.1, -0.05) is 6.08 Å². The Morgan fingerprint density at radius 2 is 2.38 bits per heavy atom. The molecule has 4 nitrogen and oxygen atoms in total. The first-order chi connectivity index (χ1) is 7.88. The zero-order valence-electron chi connectivity index (χ0n) is 8.77. The molecule has 0 bridgehead atoms. The van der Waals surface area contributed by atoms with Crippen LogP contribution in [-0.2, 0) is 0 Å². The Bertz CT molecular complexity index is 562. The maximum absolute atomic E-state index is 5.25. The highest BCUT2D eigenvalue weighted by atomic mass is 32.2. The molecule has 5 heteroatoms. The molecule has 2 aromatic heterocycles. The second-order valence-corrected chi connectivity index (χ2v) is 4.53. The van der Waals surface area contributed by atoms with Crippen molar-refractivity contribution >= 4 is 27.9 Å². The Balaban J connectivity index is 2.20. The number of rotatable bonds is 2. The molecule has 0 amide bonds. The van der Waals surface area contributed by atoms with Crippen molar-refractivity contribution in [2.75, 3.05) is 12.9 Å². The molecule has 0 saturated carbocycles. The molecule has 0 saturated heterocycles. The number of ether oxygens (including phenoxy) is 1. The average molecular weight is 234 g/mol. The standard InChI is InChI=1S/C11H10N2O2S/c1-14-11-9(8-3-2-6-16-8)12-7-4-5-15-10(7)13-11/h3-5H,2,6H2,1H3. The Kier molecular flexibility index (Phi) is 2.32. The van der Waals surface area contributed by atoms with Gasteiger partial charge in [0.05, 0.1) is 13.4 Å². The molecule has 0 aromatic carbocycles. The molecule has 0 radical (unpaired) electrons. The van der Waals surface area contributed by atoms with Crippen LogP contribution in [0.3, 0.4) is 0 Å². The van der Waals surface area contributed by atoms with Gasteiger partial charge in [0.15, 0.2) is 0 Å². The minimum atomic E-state index is 0.518. The molecular weight excluding hydrogens is 224 g/mol. The topological polar surface area (TPSA) is 48.2 Å². The third kappa shape index (κ3) is 1.48. The van der Waals surface area contributed by atoms with E-state index >= 15 is 0 Å². The van der Waals surface area contributed by atoms with Gasteiger partial charge < -0.3 is 9.15 Å². The van der Waals surface area contributed by atoms with Gasteiger partial charge in [-0.3, -0.25) is 0 Å². The monoisotopic (exact) mass is 234 g/mol. The molecule has 2 aromatic rings. The average Bonchev–Trinajstić information content (AvgIpc) is 2.97. The Hall–Kier alpha value is -1.49. The first-order valence-electron chi connectivity index (χ1n) is 5.01. The normalized spacial score (nSPS) is 15.4. The van der Waals surface area contributed by atoms with E-state index in [-0.39, 0.29) is 0 Å². The van der Waals surface area contributed by atoms with Crippen LogP contribution in [0.25, 0.3) is 16.1 Å². The summed E-state index contributed by atoms with van der Waals surface area (Å²) < 4.78 is 10.4.